The standard InChI is InChI=1S/C21H22Cl2N2O2/c1-13(2)24-20(26)18-12-25(11-17(18)14-6-4-3-5-7-14)21(27)16-9-8-15(22)10-19(16)23/h3-10,13,17-18H,11-12H2,1-2H3,(H,24,26). The Morgan fingerprint density at radius 3 is 2.41 bits per heavy atom. The van der Waals surface area contributed by atoms with Crippen LogP contribution in [0.15, 0.2) is 48.5 Å². The Bertz CT molecular complexity index is 839. The lowest BCUT2D eigenvalue weighted by Crippen LogP contribution is -2.39. The molecule has 1 N–H and O–H groups in total. The topological polar surface area (TPSA) is 49.4 Å². The average molecular weight is 405 g/mol. The zero-order valence-corrected chi connectivity index (χ0v) is 16.8. The van der Waals surface area contributed by atoms with Crippen molar-refractivity contribution in [3.8, 4) is 0 Å². The van der Waals surface area contributed by atoms with Gasteiger partial charge >= 0.3 is 0 Å². The van der Waals surface area contributed by atoms with Gasteiger partial charge in [-0.3, -0.25) is 9.59 Å². The molecule has 2 unspecified atom stereocenters. The number of amides is 2. The maximum atomic E-state index is 13.0. The molecule has 142 valence electrons. The second-order valence-corrected chi connectivity index (χ2v) is 7.96. The Balaban J connectivity index is 1.88. The first-order chi connectivity index (χ1) is 12.9. The molecule has 2 amide bonds. The normalized spacial score (nSPS) is 19.4. The van der Waals surface area contributed by atoms with E-state index >= 15 is 0 Å². The molecule has 1 fully saturated rings. The fourth-order valence-electron chi connectivity index (χ4n) is 3.50. The summed E-state index contributed by atoms with van der Waals surface area (Å²) in [5.74, 6) is -0.571. The van der Waals surface area contributed by atoms with Crippen LogP contribution < -0.4 is 5.32 Å². The van der Waals surface area contributed by atoms with Gasteiger partial charge in [-0.1, -0.05) is 53.5 Å². The van der Waals surface area contributed by atoms with E-state index < -0.39 is 0 Å². The van der Waals surface area contributed by atoms with E-state index in [4.69, 9.17) is 23.2 Å². The summed E-state index contributed by atoms with van der Waals surface area (Å²) in [5.41, 5.74) is 1.46. The van der Waals surface area contributed by atoms with Crippen LogP contribution in [0.4, 0.5) is 0 Å². The van der Waals surface area contributed by atoms with E-state index in [0.29, 0.717) is 28.7 Å². The second-order valence-electron chi connectivity index (χ2n) is 7.12. The van der Waals surface area contributed by atoms with Gasteiger partial charge < -0.3 is 10.2 Å². The summed E-state index contributed by atoms with van der Waals surface area (Å²) in [6.07, 6.45) is 0. The van der Waals surface area contributed by atoms with Gasteiger partial charge in [0.2, 0.25) is 5.91 Å². The van der Waals surface area contributed by atoms with E-state index in [1.165, 1.54) is 0 Å². The summed E-state index contributed by atoms with van der Waals surface area (Å²) >= 11 is 12.1. The SMILES string of the molecule is CC(C)NC(=O)C1CN(C(=O)c2ccc(Cl)cc2Cl)CC1c1ccccc1. The Labute approximate surface area is 169 Å². The highest BCUT2D eigenvalue weighted by Crippen LogP contribution is 2.34. The number of nitrogens with zero attached hydrogens (tertiary/aromatic N) is 1. The molecule has 2 aromatic rings. The molecule has 0 aliphatic carbocycles. The van der Waals surface area contributed by atoms with Crippen LogP contribution in [0.5, 0.6) is 0 Å². The monoisotopic (exact) mass is 404 g/mol. The van der Waals surface area contributed by atoms with Crippen molar-refractivity contribution in [3.05, 3.63) is 69.7 Å². The van der Waals surface area contributed by atoms with Crippen molar-refractivity contribution in [2.24, 2.45) is 5.92 Å². The van der Waals surface area contributed by atoms with Gasteiger partial charge in [-0.15, -0.1) is 0 Å². The number of rotatable bonds is 4. The van der Waals surface area contributed by atoms with E-state index in [1.807, 2.05) is 44.2 Å². The number of carbonyl (C=O) groups is 2. The summed E-state index contributed by atoms with van der Waals surface area (Å²) in [7, 11) is 0. The van der Waals surface area contributed by atoms with Crippen LogP contribution in [-0.2, 0) is 4.79 Å². The number of likely N-dealkylation sites (tertiary alicyclic amines) is 1. The molecule has 2 aromatic carbocycles. The number of hydrogen-bond acceptors (Lipinski definition) is 2. The Morgan fingerprint density at radius 1 is 1.07 bits per heavy atom. The predicted molar refractivity (Wildman–Crippen MR) is 108 cm³/mol. The molecule has 1 aliphatic heterocycles. The van der Waals surface area contributed by atoms with Crippen molar-refractivity contribution < 1.29 is 9.59 Å². The van der Waals surface area contributed by atoms with Crippen molar-refractivity contribution in [3.63, 3.8) is 0 Å². The molecule has 1 saturated heterocycles. The molecule has 2 atom stereocenters. The fourth-order valence-corrected chi connectivity index (χ4v) is 3.99. The van der Waals surface area contributed by atoms with Crippen LogP contribution in [0.2, 0.25) is 10.0 Å². The highest BCUT2D eigenvalue weighted by Gasteiger charge is 2.40. The van der Waals surface area contributed by atoms with Crippen molar-refractivity contribution in [1.82, 2.24) is 10.2 Å². The average Bonchev–Trinajstić information content (AvgIpc) is 3.07. The van der Waals surface area contributed by atoms with Gasteiger partial charge in [0.25, 0.3) is 5.91 Å². The van der Waals surface area contributed by atoms with Crippen LogP contribution in [0.1, 0.15) is 35.7 Å². The third kappa shape index (κ3) is 4.45. The van der Waals surface area contributed by atoms with Gasteiger partial charge in [0.15, 0.2) is 0 Å². The largest absolute Gasteiger partial charge is 0.354 e. The van der Waals surface area contributed by atoms with Gasteiger partial charge in [-0.05, 0) is 37.6 Å². The van der Waals surface area contributed by atoms with E-state index in [1.54, 1.807) is 23.1 Å². The Hall–Kier alpha value is -2.04. The van der Waals surface area contributed by atoms with Crippen LogP contribution >= 0.6 is 23.2 Å². The molecule has 4 nitrogen and oxygen atoms in total. The highest BCUT2D eigenvalue weighted by atomic mass is 35.5. The van der Waals surface area contributed by atoms with Gasteiger partial charge in [-0.2, -0.15) is 0 Å². The minimum atomic E-state index is -0.301. The lowest BCUT2D eigenvalue weighted by molar-refractivity contribution is -0.125. The van der Waals surface area contributed by atoms with Gasteiger partial charge in [0.1, 0.15) is 0 Å². The summed E-state index contributed by atoms with van der Waals surface area (Å²) < 4.78 is 0. The number of carbonyl (C=O) groups excluding carboxylic acids is 2. The molecule has 3 rings (SSSR count). The molecule has 0 bridgehead atoms. The van der Waals surface area contributed by atoms with Crippen LogP contribution in [0.3, 0.4) is 0 Å². The minimum absolute atomic E-state index is 0.0312. The minimum Gasteiger partial charge on any atom is -0.354 e. The van der Waals surface area contributed by atoms with Gasteiger partial charge in [-0.25, -0.2) is 0 Å². The van der Waals surface area contributed by atoms with E-state index in [0.717, 1.165) is 5.56 Å². The second kappa shape index (κ2) is 8.32. The summed E-state index contributed by atoms with van der Waals surface area (Å²) in [6.45, 7) is 4.69. The predicted octanol–water partition coefficient (Wildman–Crippen LogP) is 4.37. The Morgan fingerprint density at radius 2 is 1.78 bits per heavy atom. The molecular weight excluding hydrogens is 383 g/mol. The lowest BCUT2D eigenvalue weighted by atomic mass is 9.88. The van der Waals surface area contributed by atoms with E-state index in [2.05, 4.69) is 5.32 Å². The first-order valence-electron chi connectivity index (χ1n) is 8.96. The van der Waals surface area contributed by atoms with Crippen LogP contribution in [0.25, 0.3) is 0 Å². The van der Waals surface area contributed by atoms with Crippen LogP contribution in [-0.4, -0.2) is 35.8 Å². The first-order valence-corrected chi connectivity index (χ1v) is 9.72. The van der Waals surface area contributed by atoms with Crippen LogP contribution in [0, 0.1) is 5.92 Å². The number of hydrogen-bond donors (Lipinski definition) is 1. The summed E-state index contributed by atoms with van der Waals surface area (Å²) in [6, 6.07) is 14.7. The maximum absolute atomic E-state index is 13.0. The van der Waals surface area contributed by atoms with E-state index in [-0.39, 0.29) is 29.7 Å². The highest BCUT2D eigenvalue weighted by molar-refractivity contribution is 6.36. The first kappa shape index (κ1) is 19.7. The smallest absolute Gasteiger partial charge is 0.255 e. The third-order valence-electron chi connectivity index (χ3n) is 4.76. The molecule has 27 heavy (non-hydrogen) atoms. The molecule has 0 saturated carbocycles. The fraction of sp³-hybridized carbons (Fsp3) is 0.333. The third-order valence-corrected chi connectivity index (χ3v) is 5.31. The van der Waals surface area contributed by atoms with Gasteiger partial charge in [0.05, 0.1) is 16.5 Å². The quantitative estimate of drug-likeness (QED) is 0.821. The lowest BCUT2D eigenvalue weighted by Gasteiger charge is -2.19. The molecule has 0 radical (unpaired) electrons. The number of nitrogens with one attached hydrogen (secondary N) is 1. The van der Waals surface area contributed by atoms with Crippen molar-refractivity contribution in [2.45, 2.75) is 25.8 Å². The summed E-state index contributed by atoms with van der Waals surface area (Å²) in [4.78, 5) is 27.5. The molecule has 0 spiro atoms. The molecule has 1 aliphatic rings. The molecule has 6 heteroatoms. The van der Waals surface area contributed by atoms with Crippen molar-refractivity contribution in [2.75, 3.05) is 13.1 Å². The Kier molecular flexibility index (Phi) is 6.08. The molecule has 0 aromatic heterocycles. The van der Waals surface area contributed by atoms with Crippen molar-refractivity contribution >= 4 is 35.0 Å². The number of benzene rings is 2. The maximum Gasteiger partial charge on any atom is 0.255 e. The number of halogens is 2. The zero-order valence-electron chi connectivity index (χ0n) is 15.3. The molecule has 1 heterocycles. The van der Waals surface area contributed by atoms with Gasteiger partial charge in [0, 0.05) is 30.1 Å². The zero-order chi connectivity index (χ0) is 19.6. The van der Waals surface area contributed by atoms with Crippen molar-refractivity contribution in [1.29, 1.82) is 0 Å². The molecular formula is C21H22Cl2N2O2. The summed E-state index contributed by atoms with van der Waals surface area (Å²) in [5, 5.41) is 3.78. The van der Waals surface area contributed by atoms with E-state index in [9.17, 15) is 9.59 Å².